The van der Waals surface area contributed by atoms with E-state index < -0.39 is 18.1 Å². The summed E-state index contributed by atoms with van der Waals surface area (Å²) in [5.41, 5.74) is -0.0757. The van der Waals surface area contributed by atoms with Gasteiger partial charge in [0.25, 0.3) is 0 Å². The molecule has 0 spiro atoms. The van der Waals surface area contributed by atoms with Crippen molar-refractivity contribution in [2.45, 2.75) is 31.5 Å². The summed E-state index contributed by atoms with van der Waals surface area (Å²) in [5, 5.41) is 2.26. The first-order valence-corrected chi connectivity index (χ1v) is 5.53. The zero-order chi connectivity index (χ0) is 13.8. The number of halogens is 5. The summed E-state index contributed by atoms with van der Waals surface area (Å²) in [6, 6.07) is 4.88. The van der Waals surface area contributed by atoms with Crippen molar-refractivity contribution in [3.63, 3.8) is 0 Å². The van der Waals surface area contributed by atoms with Gasteiger partial charge >= 0.3 is 12.1 Å². The normalized spacial score (nSPS) is 14.6. The molecule has 6 heteroatoms. The van der Waals surface area contributed by atoms with Crippen molar-refractivity contribution < 1.29 is 22.0 Å². The van der Waals surface area contributed by atoms with E-state index >= 15 is 0 Å². The molecule has 1 nitrogen and oxygen atoms in total. The van der Waals surface area contributed by atoms with Crippen LogP contribution < -0.4 is 5.32 Å². The van der Waals surface area contributed by atoms with Gasteiger partial charge in [-0.1, -0.05) is 37.3 Å². The number of hydrogen-bond donors (Lipinski definition) is 1. The third kappa shape index (κ3) is 3.19. The summed E-state index contributed by atoms with van der Waals surface area (Å²) in [4.78, 5) is 0. The summed E-state index contributed by atoms with van der Waals surface area (Å²) < 4.78 is 64.1. The number of alkyl halides is 5. The fraction of sp³-hybridized carbons (Fsp3) is 0.500. The molecule has 1 N–H and O–H groups in total. The van der Waals surface area contributed by atoms with Gasteiger partial charge in [0.05, 0.1) is 0 Å². The first kappa shape index (κ1) is 14.9. The van der Waals surface area contributed by atoms with Gasteiger partial charge in [-0.25, -0.2) is 0 Å². The van der Waals surface area contributed by atoms with Crippen molar-refractivity contribution in [3.05, 3.63) is 35.9 Å². The van der Waals surface area contributed by atoms with E-state index in [1.807, 2.05) is 0 Å². The molecule has 1 aromatic rings. The van der Waals surface area contributed by atoms with E-state index in [1.54, 1.807) is 13.0 Å². The summed E-state index contributed by atoms with van der Waals surface area (Å²) in [5.74, 6) is -4.80. The molecule has 0 heterocycles. The second-order valence-electron chi connectivity index (χ2n) is 3.92. The zero-order valence-electron chi connectivity index (χ0n) is 9.77. The molecule has 1 rings (SSSR count). The molecular formula is C12H14F5N. The van der Waals surface area contributed by atoms with Crippen molar-refractivity contribution in [3.8, 4) is 0 Å². The molecule has 0 bridgehead atoms. The third-order valence-corrected chi connectivity index (χ3v) is 2.47. The molecule has 0 aliphatic heterocycles. The van der Waals surface area contributed by atoms with Gasteiger partial charge in [0.1, 0.15) is 6.04 Å². The maximum Gasteiger partial charge on any atom is 0.455 e. The topological polar surface area (TPSA) is 12.0 Å². The molecular weight excluding hydrogens is 253 g/mol. The minimum Gasteiger partial charge on any atom is -0.305 e. The van der Waals surface area contributed by atoms with Crippen LogP contribution in [0.4, 0.5) is 22.0 Å². The van der Waals surface area contributed by atoms with Crippen molar-refractivity contribution in [1.82, 2.24) is 5.32 Å². The molecule has 1 unspecified atom stereocenters. The highest BCUT2D eigenvalue weighted by Gasteiger charge is 2.62. The Hall–Kier alpha value is -1.17. The van der Waals surface area contributed by atoms with E-state index in [9.17, 15) is 22.0 Å². The largest absolute Gasteiger partial charge is 0.455 e. The Labute approximate surface area is 102 Å². The Morgan fingerprint density at radius 1 is 1.06 bits per heavy atom. The van der Waals surface area contributed by atoms with E-state index in [0.29, 0.717) is 6.42 Å². The molecule has 18 heavy (non-hydrogen) atoms. The van der Waals surface area contributed by atoms with Crippen molar-refractivity contribution >= 4 is 0 Å². The van der Waals surface area contributed by atoms with Gasteiger partial charge in [-0.2, -0.15) is 22.0 Å². The Bertz CT molecular complexity index is 360. The van der Waals surface area contributed by atoms with Crippen LogP contribution in [0.1, 0.15) is 24.9 Å². The summed E-state index contributed by atoms with van der Waals surface area (Å²) in [6.45, 7) is 1.78. The highest BCUT2D eigenvalue weighted by molar-refractivity contribution is 5.22. The van der Waals surface area contributed by atoms with Crippen LogP contribution in [0.2, 0.25) is 0 Å². The van der Waals surface area contributed by atoms with Gasteiger partial charge in [0, 0.05) is 0 Å². The number of nitrogens with one attached hydrogen (secondary N) is 1. The van der Waals surface area contributed by atoms with E-state index in [1.165, 1.54) is 24.3 Å². The lowest BCUT2D eigenvalue weighted by Crippen LogP contribution is -2.48. The van der Waals surface area contributed by atoms with Crippen LogP contribution in [0.3, 0.4) is 0 Å². The summed E-state index contributed by atoms with van der Waals surface area (Å²) in [6.07, 6.45) is -5.11. The highest BCUT2D eigenvalue weighted by Crippen LogP contribution is 2.44. The minimum atomic E-state index is -5.58. The minimum absolute atomic E-state index is 0.0757. The van der Waals surface area contributed by atoms with E-state index in [0.717, 1.165) is 0 Å². The van der Waals surface area contributed by atoms with Gasteiger partial charge in [-0.15, -0.1) is 0 Å². The molecule has 0 amide bonds. The second kappa shape index (κ2) is 5.65. The van der Waals surface area contributed by atoms with Crippen LogP contribution in [0.5, 0.6) is 0 Å². The third-order valence-electron chi connectivity index (χ3n) is 2.47. The van der Waals surface area contributed by atoms with Crippen molar-refractivity contribution in [2.24, 2.45) is 0 Å². The Morgan fingerprint density at radius 3 is 2.06 bits per heavy atom. The average molecular weight is 267 g/mol. The van der Waals surface area contributed by atoms with Gasteiger partial charge in [0.2, 0.25) is 0 Å². The quantitative estimate of drug-likeness (QED) is 0.797. The fourth-order valence-corrected chi connectivity index (χ4v) is 1.55. The van der Waals surface area contributed by atoms with Crippen LogP contribution in [-0.4, -0.2) is 18.6 Å². The Balaban J connectivity index is 3.06. The standard InChI is InChI=1S/C12H14F5N/c1-2-8-18-10(9-6-4-3-5-7-9)11(13,14)12(15,16)17/h3-7,10,18H,2,8H2,1H3. The fourth-order valence-electron chi connectivity index (χ4n) is 1.55. The van der Waals surface area contributed by atoms with Gasteiger partial charge in [0.15, 0.2) is 0 Å². The molecule has 0 aliphatic carbocycles. The Morgan fingerprint density at radius 2 is 1.61 bits per heavy atom. The zero-order valence-corrected chi connectivity index (χ0v) is 9.77. The molecule has 0 fully saturated rings. The molecule has 0 radical (unpaired) electrons. The molecule has 0 saturated carbocycles. The second-order valence-corrected chi connectivity index (χ2v) is 3.92. The van der Waals surface area contributed by atoms with Crippen LogP contribution in [-0.2, 0) is 0 Å². The van der Waals surface area contributed by atoms with E-state index in [2.05, 4.69) is 5.32 Å². The molecule has 0 saturated heterocycles. The number of rotatable bonds is 5. The first-order chi connectivity index (χ1) is 8.30. The monoisotopic (exact) mass is 267 g/mol. The smallest absolute Gasteiger partial charge is 0.305 e. The molecule has 0 aromatic heterocycles. The molecule has 1 aromatic carbocycles. The highest BCUT2D eigenvalue weighted by atomic mass is 19.4. The first-order valence-electron chi connectivity index (χ1n) is 5.53. The number of hydrogen-bond acceptors (Lipinski definition) is 1. The van der Waals surface area contributed by atoms with Crippen molar-refractivity contribution in [1.29, 1.82) is 0 Å². The lowest BCUT2D eigenvalue weighted by Gasteiger charge is -2.29. The van der Waals surface area contributed by atoms with Crippen LogP contribution in [0.25, 0.3) is 0 Å². The van der Waals surface area contributed by atoms with Gasteiger partial charge in [-0.05, 0) is 18.5 Å². The molecule has 0 aliphatic rings. The molecule has 102 valence electrons. The van der Waals surface area contributed by atoms with Crippen LogP contribution in [0.15, 0.2) is 30.3 Å². The van der Waals surface area contributed by atoms with E-state index in [-0.39, 0.29) is 12.1 Å². The van der Waals surface area contributed by atoms with Crippen molar-refractivity contribution in [2.75, 3.05) is 6.54 Å². The van der Waals surface area contributed by atoms with E-state index in [4.69, 9.17) is 0 Å². The average Bonchev–Trinajstić information content (AvgIpc) is 2.29. The maximum atomic E-state index is 13.4. The Kier molecular flexibility index (Phi) is 4.67. The lowest BCUT2D eigenvalue weighted by atomic mass is 10.00. The summed E-state index contributed by atoms with van der Waals surface area (Å²) in [7, 11) is 0. The molecule has 1 atom stereocenters. The van der Waals surface area contributed by atoms with Crippen LogP contribution in [0, 0.1) is 0 Å². The SMILES string of the molecule is CCCNC(c1ccccc1)C(F)(F)C(F)(F)F. The summed E-state index contributed by atoms with van der Waals surface area (Å²) >= 11 is 0. The van der Waals surface area contributed by atoms with Gasteiger partial charge in [-0.3, -0.25) is 0 Å². The van der Waals surface area contributed by atoms with Crippen LogP contribution >= 0.6 is 0 Å². The predicted molar refractivity (Wildman–Crippen MR) is 58.5 cm³/mol. The van der Waals surface area contributed by atoms with Gasteiger partial charge < -0.3 is 5.32 Å². The predicted octanol–water partition coefficient (Wildman–Crippen LogP) is 3.92. The lowest BCUT2D eigenvalue weighted by molar-refractivity contribution is -0.294. The number of benzene rings is 1. The maximum absolute atomic E-state index is 13.4.